The summed E-state index contributed by atoms with van der Waals surface area (Å²) in [4.78, 5) is 30.0. The summed E-state index contributed by atoms with van der Waals surface area (Å²) in [5.74, 6) is -0.555. The molecule has 0 aliphatic carbocycles. The largest absolute Gasteiger partial charge is 0.493 e. The summed E-state index contributed by atoms with van der Waals surface area (Å²) in [6.07, 6.45) is 0.820. The Labute approximate surface area is 138 Å². The zero-order valence-electron chi connectivity index (χ0n) is 13.2. The standard InChI is InChI=1S/C16H19N3O3S/c1-4-11-7-5-6-9(2)14(11)19-15(22)10(3)23-16-17-12(20)8-13(21)18-16/h5-8,10H,4H2,1-3H3,(H,19,22)(H2,17,18,20,21). The maximum Gasteiger partial charge on any atom is 0.255 e. The van der Waals surface area contributed by atoms with E-state index >= 15 is 0 Å². The lowest BCUT2D eigenvalue weighted by molar-refractivity contribution is -0.115. The monoisotopic (exact) mass is 333 g/mol. The molecule has 1 aromatic carbocycles. The first kappa shape index (κ1) is 17.1. The summed E-state index contributed by atoms with van der Waals surface area (Å²) in [5.41, 5.74) is 2.43. The van der Waals surface area contributed by atoms with E-state index in [4.69, 9.17) is 0 Å². The Balaban J connectivity index is 2.13. The van der Waals surface area contributed by atoms with Gasteiger partial charge in [0.25, 0.3) is 5.56 Å². The quantitative estimate of drug-likeness (QED) is 0.577. The Hall–Kier alpha value is -2.28. The van der Waals surface area contributed by atoms with Crippen molar-refractivity contribution in [2.24, 2.45) is 0 Å². The Kier molecular flexibility index (Phi) is 5.44. The van der Waals surface area contributed by atoms with Crippen LogP contribution in [-0.4, -0.2) is 26.2 Å². The molecule has 0 radical (unpaired) electrons. The maximum atomic E-state index is 12.4. The van der Waals surface area contributed by atoms with E-state index in [1.807, 2.05) is 32.0 Å². The number of nitrogens with one attached hydrogen (secondary N) is 2. The predicted molar refractivity (Wildman–Crippen MR) is 91.0 cm³/mol. The number of hydrogen-bond acceptors (Lipinski definition) is 5. The van der Waals surface area contributed by atoms with Gasteiger partial charge in [0.15, 0.2) is 5.16 Å². The number of carbonyl (C=O) groups excluding carboxylic acids is 1. The van der Waals surface area contributed by atoms with Crippen LogP contribution in [0, 0.1) is 6.92 Å². The minimum atomic E-state index is -0.482. The number of nitrogens with zero attached hydrogens (tertiary/aromatic N) is 1. The number of amides is 1. The SMILES string of the molecule is CCc1cccc(C)c1NC(=O)C(C)Sc1nc(O)cc(=O)[nH]1. The Morgan fingerprint density at radius 3 is 2.87 bits per heavy atom. The van der Waals surface area contributed by atoms with Crippen LogP contribution in [0.5, 0.6) is 5.88 Å². The van der Waals surface area contributed by atoms with Crippen molar-refractivity contribution in [2.75, 3.05) is 5.32 Å². The number of aryl methyl sites for hydroxylation is 2. The number of aromatic hydroxyl groups is 1. The van der Waals surface area contributed by atoms with Crippen LogP contribution in [0.15, 0.2) is 34.2 Å². The van der Waals surface area contributed by atoms with Crippen molar-refractivity contribution in [3.05, 3.63) is 45.7 Å². The summed E-state index contributed by atoms with van der Waals surface area (Å²) in [6, 6.07) is 6.87. The number of para-hydroxylation sites is 1. The second-order valence-corrected chi connectivity index (χ2v) is 6.45. The molecule has 0 spiro atoms. The number of hydrogen-bond donors (Lipinski definition) is 3. The van der Waals surface area contributed by atoms with Crippen molar-refractivity contribution in [3.63, 3.8) is 0 Å². The first-order chi connectivity index (χ1) is 10.9. The number of H-pyrrole nitrogens is 1. The van der Waals surface area contributed by atoms with Crippen molar-refractivity contribution >= 4 is 23.4 Å². The first-order valence-corrected chi connectivity index (χ1v) is 8.15. The third kappa shape index (κ3) is 4.35. The molecule has 1 amide bonds. The third-order valence-electron chi connectivity index (χ3n) is 3.35. The van der Waals surface area contributed by atoms with Crippen molar-refractivity contribution < 1.29 is 9.90 Å². The molecule has 1 unspecified atom stereocenters. The summed E-state index contributed by atoms with van der Waals surface area (Å²) in [5, 5.41) is 12.0. The van der Waals surface area contributed by atoms with E-state index in [9.17, 15) is 14.7 Å². The van der Waals surface area contributed by atoms with Crippen LogP contribution in [0.3, 0.4) is 0 Å². The third-order valence-corrected chi connectivity index (χ3v) is 4.34. The first-order valence-electron chi connectivity index (χ1n) is 7.27. The van der Waals surface area contributed by atoms with Gasteiger partial charge in [0.2, 0.25) is 11.8 Å². The van der Waals surface area contributed by atoms with Crippen molar-refractivity contribution in [2.45, 2.75) is 37.6 Å². The van der Waals surface area contributed by atoms with Crippen molar-refractivity contribution in [1.82, 2.24) is 9.97 Å². The van der Waals surface area contributed by atoms with Crippen LogP contribution in [0.1, 0.15) is 25.0 Å². The van der Waals surface area contributed by atoms with Gasteiger partial charge in [0.1, 0.15) is 0 Å². The van der Waals surface area contributed by atoms with E-state index in [0.29, 0.717) is 0 Å². The fraction of sp³-hybridized carbons (Fsp3) is 0.312. The Morgan fingerprint density at radius 2 is 2.22 bits per heavy atom. The molecule has 1 aromatic heterocycles. The molecule has 2 aromatic rings. The van der Waals surface area contributed by atoms with Gasteiger partial charge >= 0.3 is 0 Å². The van der Waals surface area contributed by atoms with Crippen LogP contribution < -0.4 is 10.9 Å². The molecule has 0 saturated heterocycles. The number of aromatic amines is 1. The van der Waals surface area contributed by atoms with Gasteiger partial charge in [-0.3, -0.25) is 9.59 Å². The zero-order chi connectivity index (χ0) is 17.0. The van der Waals surface area contributed by atoms with Gasteiger partial charge in [-0.25, -0.2) is 0 Å². The summed E-state index contributed by atoms with van der Waals surface area (Å²) in [6.45, 7) is 5.69. The smallest absolute Gasteiger partial charge is 0.255 e. The maximum absolute atomic E-state index is 12.4. The Bertz CT molecular complexity index is 773. The van der Waals surface area contributed by atoms with Crippen LogP contribution in [0.25, 0.3) is 0 Å². The van der Waals surface area contributed by atoms with Gasteiger partial charge in [-0.1, -0.05) is 36.9 Å². The molecular weight excluding hydrogens is 314 g/mol. The Morgan fingerprint density at radius 1 is 1.48 bits per heavy atom. The van der Waals surface area contributed by atoms with E-state index in [0.717, 1.165) is 41.1 Å². The highest BCUT2D eigenvalue weighted by Gasteiger charge is 2.18. The molecule has 122 valence electrons. The van der Waals surface area contributed by atoms with Gasteiger partial charge in [0, 0.05) is 5.69 Å². The van der Waals surface area contributed by atoms with E-state index < -0.39 is 10.8 Å². The summed E-state index contributed by atoms with van der Waals surface area (Å²) >= 11 is 1.08. The molecule has 7 heteroatoms. The number of benzene rings is 1. The molecule has 1 heterocycles. The minimum absolute atomic E-state index is 0.190. The second kappa shape index (κ2) is 7.32. The topological polar surface area (TPSA) is 95.1 Å². The summed E-state index contributed by atoms with van der Waals surface area (Å²) < 4.78 is 0. The molecule has 2 rings (SSSR count). The van der Waals surface area contributed by atoms with Crippen molar-refractivity contribution in [1.29, 1.82) is 0 Å². The lowest BCUT2D eigenvalue weighted by atomic mass is 10.1. The van der Waals surface area contributed by atoms with Gasteiger partial charge in [-0.2, -0.15) is 4.98 Å². The highest BCUT2D eigenvalue weighted by atomic mass is 32.2. The highest BCUT2D eigenvalue weighted by molar-refractivity contribution is 8.00. The average molecular weight is 333 g/mol. The molecule has 0 fully saturated rings. The van der Waals surface area contributed by atoms with Gasteiger partial charge in [0.05, 0.1) is 11.3 Å². The molecule has 1 atom stereocenters. The lowest BCUT2D eigenvalue weighted by Gasteiger charge is -2.16. The van der Waals surface area contributed by atoms with Crippen LogP contribution in [0.4, 0.5) is 5.69 Å². The normalized spacial score (nSPS) is 12.0. The molecule has 0 saturated carbocycles. The van der Waals surface area contributed by atoms with Crippen LogP contribution >= 0.6 is 11.8 Å². The molecule has 0 aliphatic rings. The number of anilines is 1. The molecule has 0 aliphatic heterocycles. The van der Waals surface area contributed by atoms with Crippen LogP contribution in [0.2, 0.25) is 0 Å². The molecule has 0 bridgehead atoms. The molecular formula is C16H19N3O3S. The highest BCUT2D eigenvalue weighted by Crippen LogP contribution is 2.24. The molecule has 6 nitrogen and oxygen atoms in total. The van der Waals surface area contributed by atoms with E-state index in [1.54, 1.807) is 6.92 Å². The fourth-order valence-corrected chi connectivity index (χ4v) is 2.93. The number of rotatable bonds is 5. The van der Waals surface area contributed by atoms with E-state index in [-0.39, 0.29) is 16.9 Å². The predicted octanol–water partition coefficient (Wildman–Crippen LogP) is 2.47. The van der Waals surface area contributed by atoms with Gasteiger partial charge in [-0.05, 0) is 31.4 Å². The van der Waals surface area contributed by atoms with Crippen molar-refractivity contribution in [3.8, 4) is 5.88 Å². The molecule has 3 N–H and O–H groups in total. The number of thioether (sulfide) groups is 1. The lowest BCUT2D eigenvalue weighted by Crippen LogP contribution is -2.24. The minimum Gasteiger partial charge on any atom is -0.493 e. The number of aromatic nitrogens is 2. The average Bonchev–Trinajstić information content (AvgIpc) is 2.48. The summed E-state index contributed by atoms with van der Waals surface area (Å²) in [7, 11) is 0. The number of carbonyl (C=O) groups is 1. The van der Waals surface area contributed by atoms with E-state index in [2.05, 4.69) is 15.3 Å². The molecule has 23 heavy (non-hydrogen) atoms. The van der Waals surface area contributed by atoms with Gasteiger partial charge < -0.3 is 15.4 Å². The van der Waals surface area contributed by atoms with Crippen LogP contribution in [-0.2, 0) is 11.2 Å². The second-order valence-electron chi connectivity index (χ2n) is 5.12. The zero-order valence-corrected chi connectivity index (χ0v) is 14.0. The fourth-order valence-electron chi connectivity index (χ4n) is 2.13. The van der Waals surface area contributed by atoms with Gasteiger partial charge in [-0.15, -0.1) is 0 Å². The van der Waals surface area contributed by atoms with E-state index in [1.165, 1.54) is 0 Å².